The van der Waals surface area contributed by atoms with Crippen LogP contribution in [0.1, 0.15) is 18.9 Å². The number of fused-ring (bicyclic) bond motifs is 1. The largest absolute Gasteiger partial charge is 0.475 e. The van der Waals surface area contributed by atoms with Gasteiger partial charge in [0.05, 0.1) is 35.7 Å². The topological polar surface area (TPSA) is 111 Å². The third-order valence-corrected chi connectivity index (χ3v) is 6.46. The molecule has 1 aliphatic rings. The lowest BCUT2D eigenvalue weighted by Gasteiger charge is -2.22. The van der Waals surface area contributed by atoms with E-state index >= 15 is 4.39 Å². The monoisotopic (exact) mass is 472 g/mol. The summed E-state index contributed by atoms with van der Waals surface area (Å²) in [7, 11) is 0. The van der Waals surface area contributed by atoms with E-state index in [1.807, 2.05) is 36.9 Å². The Morgan fingerprint density at radius 3 is 2.91 bits per heavy atom. The van der Waals surface area contributed by atoms with Crippen LogP contribution in [0.25, 0.3) is 33.4 Å². The highest BCUT2D eigenvalue weighted by Gasteiger charge is 2.35. The van der Waals surface area contributed by atoms with E-state index in [1.54, 1.807) is 18.5 Å². The molecule has 4 aromatic rings. The first kappa shape index (κ1) is 22.7. The molecule has 1 unspecified atom stereocenters. The van der Waals surface area contributed by atoms with Gasteiger partial charge in [0.15, 0.2) is 5.65 Å². The van der Waals surface area contributed by atoms with Gasteiger partial charge in [0.25, 0.3) is 0 Å². The van der Waals surface area contributed by atoms with E-state index in [2.05, 4.69) is 26.2 Å². The van der Waals surface area contributed by atoms with Crippen molar-refractivity contribution >= 4 is 16.7 Å². The fraction of sp³-hybridized carbons (Fsp3) is 0.308. The van der Waals surface area contributed by atoms with E-state index in [4.69, 9.17) is 4.74 Å². The molecular weight excluding hydrogens is 447 g/mol. The van der Waals surface area contributed by atoms with Crippen molar-refractivity contribution in [1.29, 1.82) is 5.26 Å². The summed E-state index contributed by atoms with van der Waals surface area (Å²) in [5, 5.41) is 26.6. The van der Waals surface area contributed by atoms with Gasteiger partial charge in [-0.15, -0.1) is 0 Å². The van der Waals surface area contributed by atoms with Gasteiger partial charge >= 0.3 is 0 Å². The molecule has 8 nitrogen and oxygen atoms in total. The zero-order valence-corrected chi connectivity index (χ0v) is 19.5. The minimum atomic E-state index is -0.496. The van der Waals surface area contributed by atoms with Crippen molar-refractivity contribution in [2.75, 3.05) is 31.2 Å². The number of rotatable bonds is 6. The van der Waals surface area contributed by atoms with Gasteiger partial charge in [-0.1, -0.05) is 0 Å². The first-order valence-electron chi connectivity index (χ1n) is 11.4. The van der Waals surface area contributed by atoms with Crippen molar-refractivity contribution < 1.29 is 14.2 Å². The molecule has 0 aliphatic carbocycles. The molecule has 0 bridgehead atoms. The maximum atomic E-state index is 15.1. The van der Waals surface area contributed by atoms with Gasteiger partial charge in [-0.3, -0.25) is 5.10 Å². The van der Waals surface area contributed by atoms with Crippen LogP contribution >= 0.6 is 0 Å². The summed E-state index contributed by atoms with van der Waals surface area (Å²) < 4.78 is 20.8. The number of anilines is 1. The number of hydrogen-bond acceptors (Lipinski definition) is 7. The van der Waals surface area contributed by atoms with E-state index in [0.29, 0.717) is 42.4 Å². The molecule has 0 radical (unpaired) electrons. The molecule has 2 N–H and O–H groups in total. The van der Waals surface area contributed by atoms with Crippen molar-refractivity contribution in [2.45, 2.75) is 20.3 Å². The van der Waals surface area contributed by atoms with Crippen LogP contribution in [0.15, 0.2) is 42.7 Å². The van der Waals surface area contributed by atoms with E-state index in [1.165, 1.54) is 6.07 Å². The zero-order valence-electron chi connectivity index (χ0n) is 19.5. The van der Waals surface area contributed by atoms with Gasteiger partial charge < -0.3 is 14.7 Å². The first-order chi connectivity index (χ1) is 16.9. The second-order valence-electron chi connectivity index (χ2n) is 9.10. The quantitative estimate of drug-likeness (QED) is 0.432. The third kappa shape index (κ3) is 4.29. The van der Waals surface area contributed by atoms with Crippen molar-refractivity contribution in [2.24, 2.45) is 5.41 Å². The Labute approximate surface area is 202 Å². The Bertz CT molecular complexity index is 1450. The highest BCUT2D eigenvalue weighted by Crippen LogP contribution is 2.38. The molecule has 1 aromatic carbocycles. The lowest BCUT2D eigenvalue weighted by atomic mass is 9.92. The molecule has 1 aliphatic heterocycles. The van der Waals surface area contributed by atoms with Crippen LogP contribution in [0, 0.1) is 29.5 Å². The maximum absolute atomic E-state index is 15.1. The van der Waals surface area contributed by atoms with Gasteiger partial charge in [0.2, 0.25) is 5.88 Å². The molecule has 0 spiro atoms. The zero-order chi connectivity index (χ0) is 24.6. The Hall–Kier alpha value is -4.03. The molecule has 4 heterocycles. The lowest BCUT2D eigenvalue weighted by molar-refractivity contribution is 0.197. The number of nitriles is 1. The SMILES string of the molecule is Cc1cc(F)c(N2CCC(C)(C#N)C2)cc1-c1cc(OCCO)nc(-c2ccnc3[nH]ncc23)c1. The Morgan fingerprint density at radius 2 is 2.14 bits per heavy atom. The fourth-order valence-corrected chi connectivity index (χ4v) is 4.57. The number of aryl methyl sites for hydroxylation is 1. The number of H-pyrrole nitrogens is 1. The molecule has 35 heavy (non-hydrogen) atoms. The average molecular weight is 473 g/mol. The van der Waals surface area contributed by atoms with Gasteiger partial charge in [-0.05, 0) is 61.2 Å². The van der Waals surface area contributed by atoms with E-state index in [9.17, 15) is 10.4 Å². The van der Waals surface area contributed by atoms with Crippen LogP contribution in [0.2, 0.25) is 0 Å². The minimum Gasteiger partial charge on any atom is -0.475 e. The number of nitrogens with zero attached hydrogens (tertiary/aromatic N) is 5. The van der Waals surface area contributed by atoms with Crippen LogP contribution < -0.4 is 9.64 Å². The molecule has 0 saturated carbocycles. The molecule has 9 heteroatoms. The number of aromatic amines is 1. The number of hydrogen-bond donors (Lipinski definition) is 2. The smallest absolute Gasteiger partial charge is 0.214 e. The number of pyridine rings is 2. The number of nitrogens with one attached hydrogen (secondary N) is 1. The normalized spacial score (nSPS) is 17.6. The number of benzene rings is 1. The Kier molecular flexibility index (Phi) is 5.83. The number of halogens is 1. The summed E-state index contributed by atoms with van der Waals surface area (Å²) in [6.07, 6.45) is 4.06. The molecule has 1 atom stereocenters. The third-order valence-electron chi connectivity index (χ3n) is 6.46. The van der Waals surface area contributed by atoms with Crippen LogP contribution in [-0.4, -0.2) is 51.6 Å². The molecule has 1 saturated heterocycles. The first-order valence-corrected chi connectivity index (χ1v) is 11.4. The summed E-state index contributed by atoms with van der Waals surface area (Å²) in [6, 6.07) is 11.3. The standard InChI is InChI=1S/C26H25FN6O2/c1-16-9-21(27)23(33-6-4-26(2,14-28)15-33)12-19(16)17-10-22(31-24(11-17)35-8-7-34)18-3-5-29-25-20(18)13-30-32-25/h3,5,9-13,34H,4,6-8,15H2,1-2H3,(H,29,30,32). The molecule has 0 amide bonds. The summed E-state index contributed by atoms with van der Waals surface area (Å²) in [6.45, 7) is 4.82. The van der Waals surface area contributed by atoms with Gasteiger partial charge in [-0.2, -0.15) is 10.4 Å². The van der Waals surface area contributed by atoms with Crippen molar-refractivity contribution in [1.82, 2.24) is 20.2 Å². The summed E-state index contributed by atoms with van der Waals surface area (Å²) >= 11 is 0. The summed E-state index contributed by atoms with van der Waals surface area (Å²) in [5.41, 5.74) is 4.49. The Balaban J connectivity index is 1.63. The van der Waals surface area contributed by atoms with Crippen molar-refractivity contribution in [3.8, 4) is 34.3 Å². The van der Waals surface area contributed by atoms with Gasteiger partial charge in [0, 0.05) is 36.3 Å². The second kappa shape index (κ2) is 8.96. The Morgan fingerprint density at radius 1 is 1.29 bits per heavy atom. The predicted molar refractivity (Wildman–Crippen MR) is 130 cm³/mol. The summed E-state index contributed by atoms with van der Waals surface area (Å²) in [5.74, 6) is 0.0391. The highest BCUT2D eigenvalue weighted by molar-refractivity contribution is 5.92. The van der Waals surface area contributed by atoms with Gasteiger partial charge in [-0.25, -0.2) is 14.4 Å². The lowest BCUT2D eigenvalue weighted by Crippen LogP contribution is -2.24. The minimum absolute atomic E-state index is 0.0987. The van der Waals surface area contributed by atoms with E-state index < -0.39 is 5.41 Å². The average Bonchev–Trinajstić information content (AvgIpc) is 3.50. The van der Waals surface area contributed by atoms with Crippen LogP contribution in [0.3, 0.4) is 0 Å². The molecular formula is C26H25FN6O2. The van der Waals surface area contributed by atoms with E-state index in [-0.39, 0.29) is 19.0 Å². The van der Waals surface area contributed by atoms with E-state index in [0.717, 1.165) is 27.6 Å². The van der Waals surface area contributed by atoms with Crippen LogP contribution in [0.5, 0.6) is 5.88 Å². The van der Waals surface area contributed by atoms with Gasteiger partial charge in [0.1, 0.15) is 12.4 Å². The molecule has 1 fully saturated rings. The number of ether oxygens (including phenoxy) is 1. The fourth-order valence-electron chi connectivity index (χ4n) is 4.57. The van der Waals surface area contributed by atoms with Crippen molar-refractivity contribution in [3.05, 3.63) is 54.1 Å². The van der Waals surface area contributed by atoms with Crippen LogP contribution in [-0.2, 0) is 0 Å². The van der Waals surface area contributed by atoms with Crippen molar-refractivity contribution in [3.63, 3.8) is 0 Å². The molecule has 178 valence electrons. The summed E-state index contributed by atoms with van der Waals surface area (Å²) in [4.78, 5) is 10.9. The number of aliphatic hydroxyl groups is 1. The molecule has 5 rings (SSSR count). The predicted octanol–water partition coefficient (Wildman–Crippen LogP) is 4.25. The number of aromatic nitrogens is 4. The highest BCUT2D eigenvalue weighted by atomic mass is 19.1. The second-order valence-corrected chi connectivity index (χ2v) is 9.10. The molecule has 3 aromatic heterocycles. The number of aliphatic hydroxyl groups excluding tert-OH is 1. The maximum Gasteiger partial charge on any atom is 0.214 e. The van der Waals surface area contributed by atoms with Crippen LogP contribution in [0.4, 0.5) is 10.1 Å².